The van der Waals surface area contributed by atoms with Gasteiger partial charge in [0.25, 0.3) is 0 Å². The number of hydrogen-bond acceptors (Lipinski definition) is 6. The van der Waals surface area contributed by atoms with Gasteiger partial charge in [-0.2, -0.15) is 0 Å². The quantitative estimate of drug-likeness (QED) is 0.394. The first-order valence-corrected chi connectivity index (χ1v) is 11.7. The van der Waals surface area contributed by atoms with Gasteiger partial charge in [-0.05, 0) is 63.1 Å². The molecule has 0 saturated heterocycles. The third-order valence-electron chi connectivity index (χ3n) is 5.72. The number of ether oxygens (including phenoxy) is 1. The number of pyridine rings is 1. The summed E-state index contributed by atoms with van der Waals surface area (Å²) in [5.41, 5.74) is 5.24. The van der Waals surface area contributed by atoms with Gasteiger partial charge >= 0.3 is 6.09 Å². The zero-order valence-electron chi connectivity index (χ0n) is 20.1. The van der Waals surface area contributed by atoms with Crippen LogP contribution in [0.1, 0.15) is 32.9 Å². The second-order valence-electron chi connectivity index (χ2n) is 9.49. The van der Waals surface area contributed by atoms with E-state index in [0.717, 1.165) is 51.5 Å². The standard InChI is InChI=1S/C27H28N6O2/c1-27(2,3)35-26(34)33-13-10-18(11-14-33)23-16-21-24(29-17-30-25(21)32-23)31-20-8-6-7-19(15-20)22-9-4-5-12-28-22/h4-10,12,15-17H,11,13-14H2,1-3H3,(H2,29,30,31,32). The van der Waals surface area contributed by atoms with E-state index in [1.165, 1.54) is 0 Å². The van der Waals surface area contributed by atoms with Crippen LogP contribution < -0.4 is 5.32 Å². The van der Waals surface area contributed by atoms with E-state index < -0.39 is 5.60 Å². The van der Waals surface area contributed by atoms with Crippen molar-refractivity contribution < 1.29 is 9.53 Å². The zero-order valence-corrected chi connectivity index (χ0v) is 20.1. The minimum Gasteiger partial charge on any atom is -0.444 e. The number of nitrogens with zero attached hydrogens (tertiary/aromatic N) is 4. The number of anilines is 2. The van der Waals surface area contributed by atoms with Crippen LogP contribution in [-0.2, 0) is 4.74 Å². The molecule has 35 heavy (non-hydrogen) atoms. The lowest BCUT2D eigenvalue weighted by Gasteiger charge is -2.29. The van der Waals surface area contributed by atoms with Crippen molar-refractivity contribution in [3.05, 3.63) is 72.8 Å². The Morgan fingerprint density at radius 2 is 1.97 bits per heavy atom. The number of aromatic nitrogens is 4. The molecule has 0 saturated carbocycles. The molecule has 8 nitrogen and oxygen atoms in total. The van der Waals surface area contributed by atoms with Crippen LogP contribution in [0.25, 0.3) is 27.9 Å². The first kappa shape index (κ1) is 22.6. The largest absolute Gasteiger partial charge is 0.444 e. The second-order valence-corrected chi connectivity index (χ2v) is 9.49. The summed E-state index contributed by atoms with van der Waals surface area (Å²) in [5.74, 6) is 0.725. The SMILES string of the molecule is CC(C)(C)OC(=O)N1CC=C(c2cc3c(Nc4cccc(-c5ccccn5)c4)ncnc3[nH]2)CC1. The van der Waals surface area contributed by atoms with E-state index in [1.54, 1.807) is 17.4 Å². The molecule has 5 rings (SSSR count). The summed E-state index contributed by atoms with van der Waals surface area (Å²) in [6.45, 7) is 6.75. The molecule has 3 aromatic heterocycles. The molecule has 0 unspecified atom stereocenters. The molecule has 0 bridgehead atoms. The highest BCUT2D eigenvalue weighted by Gasteiger charge is 2.24. The molecule has 0 radical (unpaired) electrons. The van der Waals surface area contributed by atoms with Crippen LogP contribution in [0.5, 0.6) is 0 Å². The van der Waals surface area contributed by atoms with Crippen molar-refractivity contribution in [1.82, 2.24) is 24.8 Å². The Hall–Kier alpha value is -4.20. The Morgan fingerprint density at radius 1 is 1.09 bits per heavy atom. The van der Waals surface area contributed by atoms with Crippen LogP contribution in [0.15, 0.2) is 67.1 Å². The van der Waals surface area contributed by atoms with E-state index in [4.69, 9.17) is 4.74 Å². The summed E-state index contributed by atoms with van der Waals surface area (Å²) in [7, 11) is 0. The third kappa shape index (κ3) is 5.16. The number of benzene rings is 1. The highest BCUT2D eigenvalue weighted by atomic mass is 16.6. The Balaban J connectivity index is 1.36. The predicted octanol–water partition coefficient (Wildman–Crippen LogP) is 5.79. The average Bonchev–Trinajstić information content (AvgIpc) is 3.29. The first-order valence-electron chi connectivity index (χ1n) is 11.7. The number of carbonyl (C=O) groups excluding carboxylic acids is 1. The fraction of sp³-hybridized carbons (Fsp3) is 0.259. The molecule has 0 aliphatic carbocycles. The summed E-state index contributed by atoms with van der Waals surface area (Å²) in [6, 6.07) is 16.0. The Labute approximate surface area is 204 Å². The van der Waals surface area contributed by atoms with Gasteiger partial charge in [0.05, 0.1) is 11.1 Å². The smallest absolute Gasteiger partial charge is 0.410 e. The molecule has 8 heteroatoms. The van der Waals surface area contributed by atoms with E-state index in [9.17, 15) is 4.79 Å². The van der Waals surface area contributed by atoms with Gasteiger partial charge in [0.1, 0.15) is 23.4 Å². The monoisotopic (exact) mass is 468 g/mol. The Bertz CT molecular complexity index is 1390. The van der Waals surface area contributed by atoms with Crippen LogP contribution in [0, 0.1) is 0 Å². The summed E-state index contributed by atoms with van der Waals surface area (Å²) in [5, 5.41) is 4.33. The van der Waals surface area contributed by atoms with Gasteiger partial charge in [-0.15, -0.1) is 0 Å². The van der Waals surface area contributed by atoms with E-state index >= 15 is 0 Å². The molecule has 4 heterocycles. The summed E-state index contributed by atoms with van der Waals surface area (Å²) in [6.07, 6.45) is 5.85. The van der Waals surface area contributed by atoms with Gasteiger partial charge < -0.3 is 19.9 Å². The fourth-order valence-corrected chi connectivity index (χ4v) is 4.05. The molecule has 0 atom stereocenters. The molecule has 1 aliphatic heterocycles. The third-order valence-corrected chi connectivity index (χ3v) is 5.72. The summed E-state index contributed by atoms with van der Waals surface area (Å²) in [4.78, 5) is 30.8. The maximum atomic E-state index is 12.4. The average molecular weight is 469 g/mol. The summed E-state index contributed by atoms with van der Waals surface area (Å²) < 4.78 is 5.49. The normalized spacial score (nSPS) is 14.0. The molecular weight excluding hydrogens is 440 g/mol. The second kappa shape index (κ2) is 9.21. The zero-order chi connectivity index (χ0) is 24.4. The van der Waals surface area contributed by atoms with Crippen LogP contribution in [0.4, 0.5) is 16.3 Å². The number of nitrogens with one attached hydrogen (secondary N) is 2. The molecule has 4 aromatic rings. The minimum atomic E-state index is -0.503. The number of amides is 1. The maximum absolute atomic E-state index is 12.4. The molecule has 178 valence electrons. The molecule has 0 spiro atoms. The first-order chi connectivity index (χ1) is 16.9. The topological polar surface area (TPSA) is 96.0 Å². The van der Waals surface area contributed by atoms with Gasteiger partial charge in [-0.25, -0.2) is 14.8 Å². The van der Waals surface area contributed by atoms with E-state index in [2.05, 4.69) is 43.5 Å². The molecule has 0 fully saturated rings. The number of fused-ring (bicyclic) bond motifs is 1. The van der Waals surface area contributed by atoms with Gasteiger partial charge in [-0.1, -0.05) is 24.3 Å². The Kier molecular flexibility index (Phi) is 5.94. The van der Waals surface area contributed by atoms with Crippen molar-refractivity contribution in [3.8, 4) is 11.3 Å². The van der Waals surface area contributed by atoms with Crippen LogP contribution in [0.2, 0.25) is 0 Å². The molecule has 1 amide bonds. The number of carbonyl (C=O) groups is 1. The van der Waals surface area contributed by atoms with Gasteiger partial charge in [0.15, 0.2) is 0 Å². The van der Waals surface area contributed by atoms with Crippen molar-refractivity contribution in [2.75, 3.05) is 18.4 Å². The van der Waals surface area contributed by atoms with Crippen molar-refractivity contribution in [1.29, 1.82) is 0 Å². The van der Waals surface area contributed by atoms with Gasteiger partial charge in [0.2, 0.25) is 0 Å². The van der Waals surface area contributed by atoms with Crippen molar-refractivity contribution in [2.45, 2.75) is 32.8 Å². The van der Waals surface area contributed by atoms with Gasteiger partial charge in [0, 0.05) is 36.2 Å². The maximum Gasteiger partial charge on any atom is 0.410 e. The lowest BCUT2D eigenvalue weighted by molar-refractivity contribution is 0.0270. The van der Waals surface area contributed by atoms with Crippen LogP contribution in [0.3, 0.4) is 0 Å². The molecule has 2 N–H and O–H groups in total. The molecule has 1 aliphatic rings. The Morgan fingerprint density at radius 3 is 2.71 bits per heavy atom. The highest BCUT2D eigenvalue weighted by Crippen LogP contribution is 2.30. The highest BCUT2D eigenvalue weighted by molar-refractivity contribution is 5.92. The fourth-order valence-electron chi connectivity index (χ4n) is 4.05. The number of aromatic amines is 1. The van der Waals surface area contributed by atoms with E-state index in [-0.39, 0.29) is 6.09 Å². The van der Waals surface area contributed by atoms with Crippen molar-refractivity contribution in [3.63, 3.8) is 0 Å². The van der Waals surface area contributed by atoms with Crippen molar-refractivity contribution in [2.24, 2.45) is 0 Å². The lowest BCUT2D eigenvalue weighted by Crippen LogP contribution is -2.39. The van der Waals surface area contributed by atoms with Gasteiger partial charge in [-0.3, -0.25) is 4.98 Å². The van der Waals surface area contributed by atoms with Crippen LogP contribution >= 0.6 is 0 Å². The molecule has 1 aromatic carbocycles. The number of hydrogen-bond donors (Lipinski definition) is 2. The lowest BCUT2D eigenvalue weighted by atomic mass is 10.1. The molecular formula is C27H28N6O2. The number of H-pyrrole nitrogens is 1. The summed E-state index contributed by atoms with van der Waals surface area (Å²) >= 11 is 0. The van der Waals surface area contributed by atoms with Crippen molar-refractivity contribution >= 4 is 34.2 Å². The van der Waals surface area contributed by atoms with E-state index in [0.29, 0.717) is 13.1 Å². The van der Waals surface area contributed by atoms with Crippen LogP contribution in [-0.4, -0.2) is 49.6 Å². The number of rotatable bonds is 4. The van der Waals surface area contributed by atoms with E-state index in [1.807, 2.05) is 57.2 Å². The minimum absolute atomic E-state index is 0.283. The predicted molar refractivity (Wildman–Crippen MR) is 137 cm³/mol.